The summed E-state index contributed by atoms with van der Waals surface area (Å²) in [5, 5.41) is 3.87. The number of rotatable bonds is 10. The SMILES string of the molecule is COCCOCCOCCn1cc(S(=O)(=O)Cl)cn1. The van der Waals surface area contributed by atoms with Gasteiger partial charge in [-0.3, -0.25) is 4.68 Å². The van der Waals surface area contributed by atoms with E-state index in [4.69, 9.17) is 24.9 Å². The summed E-state index contributed by atoms with van der Waals surface area (Å²) in [6, 6.07) is 0. The van der Waals surface area contributed by atoms with Crippen molar-refractivity contribution in [2.45, 2.75) is 11.4 Å². The molecule has 0 atom stereocenters. The van der Waals surface area contributed by atoms with Gasteiger partial charge in [0.05, 0.1) is 45.8 Å². The number of nitrogens with zero attached hydrogens (tertiary/aromatic N) is 2. The number of ether oxygens (including phenoxy) is 3. The Hall–Kier alpha value is -0.670. The zero-order chi connectivity index (χ0) is 14.1. The molecule has 0 amide bonds. The highest BCUT2D eigenvalue weighted by atomic mass is 35.7. The van der Waals surface area contributed by atoms with Gasteiger partial charge in [0.25, 0.3) is 9.05 Å². The molecule has 0 aliphatic carbocycles. The van der Waals surface area contributed by atoms with Gasteiger partial charge in [0.15, 0.2) is 0 Å². The lowest BCUT2D eigenvalue weighted by Crippen LogP contribution is -2.11. The van der Waals surface area contributed by atoms with Gasteiger partial charge in [-0.15, -0.1) is 0 Å². The summed E-state index contributed by atoms with van der Waals surface area (Å²) < 4.78 is 38.8. The Morgan fingerprint density at radius 2 is 1.84 bits per heavy atom. The van der Waals surface area contributed by atoms with Gasteiger partial charge in [-0.2, -0.15) is 5.10 Å². The molecule has 0 saturated carbocycles. The minimum atomic E-state index is -3.71. The Bertz CT molecular complexity index is 462. The summed E-state index contributed by atoms with van der Waals surface area (Å²) in [7, 11) is 3.07. The van der Waals surface area contributed by atoms with E-state index >= 15 is 0 Å². The first-order chi connectivity index (χ1) is 9.04. The highest BCUT2D eigenvalue weighted by Crippen LogP contribution is 2.12. The lowest BCUT2D eigenvalue weighted by molar-refractivity contribution is 0.0225. The van der Waals surface area contributed by atoms with Crippen LogP contribution in [-0.4, -0.2) is 58.3 Å². The predicted molar refractivity (Wildman–Crippen MR) is 68.8 cm³/mol. The van der Waals surface area contributed by atoms with Crippen molar-refractivity contribution in [2.75, 3.05) is 40.1 Å². The molecule has 0 fully saturated rings. The first-order valence-electron chi connectivity index (χ1n) is 5.65. The minimum absolute atomic E-state index is 0.0166. The fraction of sp³-hybridized carbons (Fsp3) is 0.700. The first-order valence-corrected chi connectivity index (χ1v) is 7.96. The van der Waals surface area contributed by atoms with Crippen molar-refractivity contribution in [3.63, 3.8) is 0 Å². The standard InChI is InChI=1S/C10H17ClN2O5S/c1-16-4-5-18-7-6-17-3-2-13-9-10(8-12-13)19(11,14)15/h8-9H,2-7H2,1H3. The fourth-order valence-electron chi connectivity index (χ4n) is 1.22. The van der Waals surface area contributed by atoms with Crippen molar-refractivity contribution in [1.82, 2.24) is 9.78 Å². The molecular weight excluding hydrogens is 296 g/mol. The number of hydrogen-bond donors (Lipinski definition) is 0. The summed E-state index contributed by atoms with van der Waals surface area (Å²) in [5.41, 5.74) is 0. The van der Waals surface area contributed by atoms with Gasteiger partial charge in [0.2, 0.25) is 0 Å². The monoisotopic (exact) mass is 312 g/mol. The molecule has 0 spiro atoms. The lowest BCUT2D eigenvalue weighted by Gasteiger charge is -2.05. The molecule has 0 N–H and O–H groups in total. The molecule has 0 aromatic carbocycles. The third kappa shape index (κ3) is 6.88. The van der Waals surface area contributed by atoms with E-state index in [1.165, 1.54) is 17.1 Å². The second-order valence-electron chi connectivity index (χ2n) is 3.59. The Morgan fingerprint density at radius 3 is 2.42 bits per heavy atom. The third-order valence-electron chi connectivity index (χ3n) is 2.16. The van der Waals surface area contributed by atoms with Crippen LogP contribution in [0.5, 0.6) is 0 Å². The molecular formula is C10H17ClN2O5S. The normalized spacial score (nSPS) is 11.9. The van der Waals surface area contributed by atoms with Crippen molar-refractivity contribution >= 4 is 19.7 Å². The Labute approximate surface area is 116 Å². The van der Waals surface area contributed by atoms with Crippen LogP contribution >= 0.6 is 10.7 Å². The summed E-state index contributed by atoms with van der Waals surface area (Å²) in [6.45, 7) is 2.91. The van der Waals surface area contributed by atoms with Crippen molar-refractivity contribution in [1.29, 1.82) is 0 Å². The van der Waals surface area contributed by atoms with Crippen LogP contribution in [0.25, 0.3) is 0 Å². The van der Waals surface area contributed by atoms with Crippen LogP contribution in [0.1, 0.15) is 0 Å². The molecule has 0 aliphatic rings. The van der Waals surface area contributed by atoms with Gasteiger partial charge in [0, 0.05) is 24.0 Å². The quantitative estimate of drug-likeness (QED) is 0.462. The highest BCUT2D eigenvalue weighted by molar-refractivity contribution is 8.13. The molecule has 0 radical (unpaired) electrons. The molecule has 1 rings (SSSR count). The molecule has 0 bridgehead atoms. The van der Waals surface area contributed by atoms with Gasteiger partial charge >= 0.3 is 0 Å². The fourth-order valence-corrected chi connectivity index (χ4v) is 1.87. The van der Waals surface area contributed by atoms with E-state index in [9.17, 15) is 8.42 Å². The predicted octanol–water partition coefficient (Wildman–Crippen LogP) is 0.490. The Balaban J connectivity index is 2.11. The zero-order valence-corrected chi connectivity index (χ0v) is 12.2. The third-order valence-corrected chi connectivity index (χ3v) is 3.47. The van der Waals surface area contributed by atoms with Crippen molar-refractivity contribution in [3.05, 3.63) is 12.4 Å². The number of methoxy groups -OCH3 is 1. The van der Waals surface area contributed by atoms with Gasteiger partial charge in [-0.1, -0.05) is 0 Å². The van der Waals surface area contributed by atoms with E-state index in [1.807, 2.05) is 0 Å². The zero-order valence-electron chi connectivity index (χ0n) is 10.6. The summed E-state index contributed by atoms with van der Waals surface area (Å²) in [6.07, 6.45) is 2.57. The van der Waals surface area contributed by atoms with E-state index in [2.05, 4.69) is 5.10 Å². The van der Waals surface area contributed by atoms with Crippen LogP contribution in [0, 0.1) is 0 Å². The molecule has 1 aromatic heterocycles. The van der Waals surface area contributed by atoms with Crippen molar-refractivity contribution < 1.29 is 22.6 Å². The van der Waals surface area contributed by atoms with Crippen molar-refractivity contribution in [2.24, 2.45) is 0 Å². The maximum atomic E-state index is 11.0. The van der Waals surface area contributed by atoms with E-state index in [0.717, 1.165) is 0 Å². The number of halogens is 1. The molecule has 1 heterocycles. The molecule has 1 aromatic rings. The topological polar surface area (TPSA) is 79.7 Å². The molecule has 0 unspecified atom stereocenters. The average Bonchev–Trinajstić information content (AvgIpc) is 2.81. The highest BCUT2D eigenvalue weighted by Gasteiger charge is 2.12. The van der Waals surface area contributed by atoms with Gasteiger partial charge in [-0.05, 0) is 0 Å². The Morgan fingerprint density at radius 1 is 1.21 bits per heavy atom. The van der Waals surface area contributed by atoms with Crippen LogP contribution in [0.15, 0.2) is 17.3 Å². The van der Waals surface area contributed by atoms with Crippen LogP contribution in [0.3, 0.4) is 0 Å². The molecule has 110 valence electrons. The average molecular weight is 313 g/mol. The minimum Gasteiger partial charge on any atom is -0.382 e. The smallest absolute Gasteiger partial charge is 0.264 e. The second kappa shape index (κ2) is 8.49. The van der Waals surface area contributed by atoms with E-state index in [0.29, 0.717) is 39.6 Å². The summed E-state index contributed by atoms with van der Waals surface area (Å²) in [4.78, 5) is -0.0166. The van der Waals surface area contributed by atoms with Gasteiger partial charge in [0.1, 0.15) is 4.90 Å². The molecule has 7 nitrogen and oxygen atoms in total. The van der Waals surface area contributed by atoms with Gasteiger partial charge < -0.3 is 14.2 Å². The van der Waals surface area contributed by atoms with Crippen LogP contribution in [0.4, 0.5) is 0 Å². The maximum absolute atomic E-state index is 11.0. The van der Waals surface area contributed by atoms with Crippen LogP contribution in [0.2, 0.25) is 0 Å². The number of hydrogen-bond acceptors (Lipinski definition) is 6. The lowest BCUT2D eigenvalue weighted by atomic mass is 10.6. The van der Waals surface area contributed by atoms with Crippen LogP contribution < -0.4 is 0 Å². The van der Waals surface area contributed by atoms with E-state index < -0.39 is 9.05 Å². The summed E-state index contributed by atoms with van der Waals surface area (Å²) >= 11 is 0. The van der Waals surface area contributed by atoms with Crippen LogP contribution in [-0.2, 0) is 29.8 Å². The number of aromatic nitrogens is 2. The summed E-state index contributed by atoms with van der Waals surface area (Å²) in [5.74, 6) is 0. The maximum Gasteiger partial charge on any atom is 0.264 e. The molecule has 9 heteroatoms. The molecule has 19 heavy (non-hydrogen) atoms. The van der Waals surface area contributed by atoms with E-state index in [-0.39, 0.29) is 4.90 Å². The molecule has 0 saturated heterocycles. The van der Waals surface area contributed by atoms with E-state index in [1.54, 1.807) is 7.11 Å². The second-order valence-corrected chi connectivity index (χ2v) is 6.16. The van der Waals surface area contributed by atoms with Crippen molar-refractivity contribution in [3.8, 4) is 0 Å². The first kappa shape index (κ1) is 16.4. The van der Waals surface area contributed by atoms with Gasteiger partial charge in [-0.25, -0.2) is 8.42 Å². The molecule has 0 aliphatic heterocycles. The Kier molecular flexibility index (Phi) is 7.32. The largest absolute Gasteiger partial charge is 0.382 e.